The number of aromatic nitrogens is 2. The van der Waals surface area contributed by atoms with Crippen molar-refractivity contribution in [3.05, 3.63) is 47.0 Å². The van der Waals surface area contributed by atoms with Gasteiger partial charge in [0.05, 0.1) is 11.5 Å². The number of hydrogen-bond donors (Lipinski definition) is 1. The molecule has 0 spiro atoms. The third kappa shape index (κ3) is 3.27. The average molecular weight is 386 g/mol. The second kappa shape index (κ2) is 6.56. The molecule has 1 aliphatic rings. The van der Waals surface area contributed by atoms with E-state index in [9.17, 15) is 13.2 Å². The van der Waals surface area contributed by atoms with Gasteiger partial charge in [0.1, 0.15) is 11.3 Å². The number of aromatic amines is 1. The Labute approximate surface area is 157 Å². The molecule has 1 saturated carbocycles. The van der Waals surface area contributed by atoms with E-state index in [4.69, 9.17) is 4.74 Å². The minimum absolute atomic E-state index is 0.130. The summed E-state index contributed by atoms with van der Waals surface area (Å²) < 4.78 is 31.6. The molecule has 1 N–H and O–H groups in total. The second-order valence-corrected chi connectivity index (χ2v) is 9.28. The van der Waals surface area contributed by atoms with Gasteiger partial charge in [0.25, 0.3) is 5.56 Å². The summed E-state index contributed by atoms with van der Waals surface area (Å²) in [6.45, 7) is 0.620. The van der Waals surface area contributed by atoms with Crippen molar-refractivity contribution < 1.29 is 13.2 Å². The van der Waals surface area contributed by atoms with Gasteiger partial charge in [-0.1, -0.05) is 6.42 Å². The zero-order valence-electron chi connectivity index (χ0n) is 15.4. The minimum atomic E-state index is -3.36. The molecule has 2 heterocycles. The molecule has 2 aromatic heterocycles. The van der Waals surface area contributed by atoms with Gasteiger partial charge in [0.15, 0.2) is 9.84 Å². The molecule has 0 unspecified atom stereocenters. The lowest BCUT2D eigenvalue weighted by atomic mass is 9.86. The molecule has 27 heavy (non-hydrogen) atoms. The maximum atomic E-state index is 12.4. The lowest BCUT2D eigenvalue weighted by Gasteiger charge is -2.25. The number of H-pyrrole nitrogens is 1. The fourth-order valence-electron chi connectivity index (χ4n) is 3.38. The van der Waals surface area contributed by atoms with Gasteiger partial charge in [-0.3, -0.25) is 4.79 Å². The Morgan fingerprint density at radius 1 is 1.22 bits per heavy atom. The number of nitrogens with zero attached hydrogens (tertiary/aromatic N) is 1. The van der Waals surface area contributed by atoms with Crippen LogP contribution < -0.4 is 10.3 Å². The second-order valence-electron chi connectivity index (χ2n) is 7.26. The Hall–Kier alpha value is -2.54. The monoisotopic (exact) mass is 386 g/mol. The molecule has 3 aromatic rings. The first-order chi connectivity index (χ1) is 12.8. The highest BCUT2D eigenvalue weighted by molar-refractivity contribution is 7.90. The first-order valence-electron chi connectivity index (χ1n) is 8.98. The van der Waals surface area contributed by atoms with Crippen LogP contribution in [0.2, 0.25) is 0 Å². The van der Waals surface area contributed by atoms with Gasteiger partial charge in [-0.05, 0) is 43.0 Å². The van der Waals surface area contributed by atoms with Crippen LogP contribution in [0, 0.1) is 5.92 Å². The average Bonchev–Trinajstić information content (AvgIpc) is 3.00. The van der Waals surface area contributed by atoms with Crippen molar-refractivity contribution in [3.8, 4) is 16.9 Å². The zero-order chi connectivity index (χ0) is 19.2. The Balaban J connectivity index is 1.86. The summed E-state index contributed by atoms with van der Waals surface area (Å²) in [7, 11) is -1.66. The summed E-state index contributed by atoms with van der Waals surface area (Å²) in [5.41, 5.74) is 1.80. The smallest absolute Gasteiger partial charge is 0.274 e. The van der Waals surface area contributed by atoms with Crippen molar-refractivity contribution in [2.24, 2.45) is 13.0 Å². The molecule has 1 aromatic carbocycles. The summed E-state index contributed by atoms with van der Waals surface area (Å²) in [5, 5.41) is 0.747. The van der Waals surface area contributed by atoms with Crippen molar-refractivity contribution in [3.63, 3.8) is 0 Å². The van der Waals surface area contributed by atoms with Gasteiger partial charge < -0.3 is 14.3 Å². The maximum Gasteiger partial charge on any atom is 0.274 e. The van der Waals surface area contributed by atoms with Gasteiger partial charge in [0.2, 0.25) is 0 Å². The molecular weight excluding hydrogens is 364 g/mol. The van der Waals surface area contributed by atoms with Crippen LogP contribution in [-0.2, 0) is 16.9 Å². The number of ether oxygens (including phenoxy) is 1. The van der Waals surface area contributed by atoms with E-state index in [1.54, 1.807) is 37.6 Å². The minimum Gasteiger partial charge on any atom is -0.493 e. The van der Waals surface area contributed by atoms with Crippen LogP contribution in [-0.4, -0.2) is 30.8 Å². The lowest BCUT2D eigenvalue weighted by Crippen LogP contribution is -2.19. The zero-order valence-corrected chi connectivity index (χ0v) is 16.2. The highest BCUT2D eigenvalue weighted by Gasteiger charge is 2.21. The number of pyridine rings is 1. The number of fused-ring (bicyclic) bond motifs is 1. The molecule has 0 aliphatic heterocycles. The molecule has 142 valence electrons. The van der Waals surface area contributed by atoms with Crippen LogP contribution in [0.25, 0.3) is 22.0 Å². The van der Waals surface area contributed by atoms with E-state index < -0.39 is 9.84 Å². The number of nitrogens with one attached hydrogen (secondary N) is 1. The van der Waals surface area contributed by atoms with Crippen LogP contribution in [0.4, 0.5) is 0 Å². The summed E-state index contributed by atoms with van der Waals surface area (Å²) in [4.78, 5) is 15.6. The Kier molecular flexibility index (Phi) is 4.34. The predicted octanol–water partition coefficient (Wildman–Crippen LogP) is 3.12. The van der Waals surface area contributed by atoms with E-state index in [0.29, 0.717) is 29.4 Å². The highest BCUT2D eigenvalue weighted by atomic mass is 32.2. The fraction of sp³-hybridized carbons (Fsp3) is 0.350. The summed E-state index contributed by atoms with van der Waals surface area (Å²) in [6, 6.07) is 6.77. The molecule has 7 heteroatoms. The molecule has 0 amide bonds. The van der Waals surface area contributed by atoms with E-state index in [0.717, 1.165) is 10.9 Å². The third-order valence-corrected chi connectivity index (χ3v) is 6.40. The van der Waals surface area contributed by atoms with Crippen molar-refractivity contribution >= 4 is 20.7 Å². The standard InChI is InChI=1S/C20H22N2O4S/c1-22-9-8-15-17(11-21-19(15)20(22)23)16-10-14(27(2,24)25)6-7-18(16)26-12-13-4-3-5-13/h6-11,13,21H,3-5,12H2,1-2H3. The number of aryl methyl sites for hydroxylation is 1. The SMILES string of the molecule is Cn1ccc2c(-c3cc(S(C)(=O)=O)ccc3OCC3CCC3)c[nH]c2c1=O. The molecule has 0 atom stereocenters. The van der Waals surface area contributed by atoms with E-state index in [1.807, 2.05) is 6.07 Å². The van der Waals surface area contributed by atoms with Crippen molar-refractivity contribution in [1.29, 1.82) is 0 Å². The van der Waals surface area contributed by atoms with Crippen molar-refractivity contribution in [1.82, 2.24) is 9.55 Å². The predicted molar refractivity (Wildman–Crippen MR) is 105 cm³/mol. The normalized spacial score (nSPS) is 15.0. The largest absolute Gasteiger partial charge is 0.493 e. The highest BCUT2D eigenvalue weighted by Crippen LogP contribution is 2.37. The summed E-state index contributed by atoms with van der Waals surface area (Å²) >= 11 is 0. The first kappa shape index (κ1) is 17.9. The van der Waals surface area contributed by atoms with Crippen LogP contribution in [0.3, 0.4) is 0 Å². The Bertz CT molecular complexity index is 1170. The number of hydrogen-bond acceptors (Lipinski definition) is 4. The van der Waals surface area contributed by atoms with Crippen molar-refractivity contribution in [2.45, 2.75) is 24.2 Å². The number of benzene rings is 1. The van der Waals surface area contributed by atoms with E-state index >= 15 is 0 Å². The molecule has 0 bridgehead atoms. The van der Waals surface area contributed by atoms with Gasteiger partial charge in [-0.15, -0.1) is 0 Å². The third-order valence-electron chi connectivity index (χ3n) is 5.29. The van der Waals surface area contributed by atoms with Crippen molar-refractivity contribution in [2.75, 3.05) is 12.9 Å². The van der Waals surface area contributed by atoms with Gasteiger partial charge in [-0.2, -0.15) is 0 Å². The molecular formula is C20H22N2O4S. The molecule has 0 radical (unpaired) electrons. The van der Waals surface area contributed by atoms with Crippen LogP contribution in [0.5, 0.6) is 5.75 Å². The van der Waals surface area contributed by atoms with Gasteiger partial charge >= 0.3 is 0 Å². The maximum absolute atomic E-state index is 12.4. The Morgan fingerprint density at radius 3 is 2.67 bits per heavy atom. The van der Waals surface area contributed by atoms with Crippen LogP contribution in [0.15, 0.2) is 46.3 Å². The summed E-state index contributed by atoms with van der Waals surface area (Å²) in [6.07, 6.45) is 8.20. The molecule has 4 rings (SSSR count). The number of sulfone groups is 1. The Morgan fingerprint density at radius 2 is 2.00 bits per heavy atom. The molecule has 6 nitrogen and oxygen atoms in total. The van der Waals surface area contributed by atoms with E-state index in [-0.39, 0.29) is 10.5 Å². The lowest BCUT2D eigenvalue weighted by molar-refractivity contribution is 0.181. The molecule has 1 fully saturated rings. The van der Waals surface area contributed by atoms with Crippen LogP contribution in [0.1, 0.15) is 19.3 Å². The van der Waals surface area contributed by atoms with Gasteiger partial charge in [0, 0.05) is 42.2 Å². The molecule has 1 aliphatic carbocycles. The van der Waals surface area contributed by atoms with E-state index in [2.05, 4.69) is 4.98 Å². The topological polar surface area (TPSA) is 81.2 Å². The fourth-order valence-corrected chi connectivity index (χ4v) is 4.03. The molecule has 0 saturated heterocycles. The van der Waals surface area contributed by atoms with E-state index in [1.165, 1.54) is 30.1 Å². The van der Waals surface area contributed by atoms with Gasteiger partial charge in [-0.25, -0.2) is 8.42 Å². The summed E-state index contributed by atoms with van der Waals surface area (Å²) in [5.74, 6) is 1.19. The quantitative estimate of drug-likeness (QED) is 0.730. The van der Waals surface area contributed by atoms with Crippen LogP contribution >= 0.6 is 0 Å². The first-order valence-corrected chi connectivity index (χ1v) is 10.9. The number of rotatable bonds is 5.